The molecule has 2 rings (SSSR count). The van der Waals surface area contributed by atoms with Crippen molar-refractivity contribution >= 4 is 51.5 Å². The van der Waals surface area contributed by atoms with Crippen molar-refractivity contribution in [3.05, 3.63) is 58.2 Å². The summed E-state index contributed by atoms with van der Waals surface area (Å²) in [7, 11) is 0. The predicted molar refractivity (Wildman–Crippen MR) is 95.5 cm³/mol. The van der Waals surface area contributed by atoms with Crippen LogP contribution in [-0.4, -0.2) is 17.6 Å². The minimum absolute atomic E-state index is 0.0848. The van der Waals surface area contributed by atoms with Crippen LogP contribution in [0.4, 0.5) is 5.69 Å². The zero-order valence-corrected chi connectivity index (χ0v) is 14.0. The molecule has 108 valence electrons. The number of carbonyl (C=O) groups is 1. The molecule has 6 heteroatoms. The van der Waals surface area contributed by atoms with Gasteiger partial charge in [-0.05, 0) is 71.2 Å². The van der Waals surface area contributed by atoms with Gasteiger partial charge >= 0.3 is 0 Å². The number of para-hydroxylation sites is 1. The molecule has 0 aliphatic heterocycles. The maximum Gasteiger partial charge on any atom is 0.264 e. The molecule has 0 fully saturated rings. The number of rotatable bonds is 4. The van der Waals surface area contributed by atoms with Crippen molar-refractivity contribution in [1.82, 2.24) is 5.32 Å². The van der Waals surface area contributed by atoms with E-state index in [1.54, 1.807) is 12.1 Å². The van der Waals surface area contributed by atoms with Crippen LogP contribution >= 0.6 is 34.8 Å². The molecule has 0 heterocycles. The van der Waals surface area contributed by atoms with Crippen LogP contribution in [0.25, 0.3) is 0 Å². The standard InChI is InChI=1S/C15H13IN2O2S/c16-11-6-8-12(9-7-11)17-15(21)18-14(19)10-20-13-4-2-1-3-5-13/h1-9H,10H2,(H2,17,18,19,21). The normalized spacial score (nSPS) is 9.76. The molecule has 0 aromatic heterocycles. The molecule has 0 radical (unpaired) electrons. The molecule has 0 spiro atoms. The molecule has 2 aromatic carbocycles. The van der Waals surface area contributed by atoms with Crippen molar-refractivity contribution in [2.45, 2.75) is 0 Å². The lowest BCUT2D eigenvalue weighted by molar-refractivity contribution is -0.121. The summed E-state index contributed by atoms with van der Waals surface area (Å²) in [4.78, 5) is 11.7. The highest BCUT2D eigenvalue weighted by atomic mass is 127. The van der Waals surface area contributed by atoms with E-state index in [1.807, 2.05) is 42.5 Å². The summed E-state index contributed by atoms with van der Waals surface area (Å²) < 4.78 is 6.46. The van der Waals surface area contributed by atoms with Crippen molar-refractivity contribution in [3.63, 3.8) is 0 Å². The van der Waals surface area contributed by atoms with Crippen molar-refractivity contribution in [2.75, 3.05) is 11.9 Å². The average molecular weight is 412 g/mol. The molecular formula is C15H13IN2O2S. The van der Waals surface area contributed by atoms with E-state index in [1.165, 1.54) is 0 Å². The number of hydrogen-bond donors (Lipinski definition) is 2. The molecule has 0 atom stereocenters. The molecule has 2 N–H and O–H groups in total. The Labute approximate surface area is 142 Å². The third-order valence-electron chi connectivity index (χ3n) is 2.47. The van der Waals surface area contributed by atoms with Gasteiger partial charge in [0.05, 0.1) is 0 Å². The lowest BCUT2D eigenvalue weighted by atomic mass is 10.3. The fourth-order valence-corrected chi connectivity index (χ4v) is 2.12. The quantitative estimate of drug-likeness (QED) is 0.599. The van der Waals surface area contributed by atoms with Gasteiger partial charge in [-0.1, -0.05) is 18.2 Å². The van der Waals surface area contributed by atoms with Gasteiger partial charge in [-0.25, -0.2) is 0 Å². The minimum Gasteiger partial charge on any atom is -0.484 e. The second kappa shape index (κ2) is 7.94. The molecule has 4 nitrogen and oxygen atoms in total. The second-order valence-electron chi connectivity index (χ2n) is 4.11. The number of benzene rings is 2. The number of amides is 1. The fourth-order valence-electron chi connectivity index (χ4n) is 1.52. The van der Waals surface area contributed by atoms with Gasteiger partial charge in [-0.2, -0.15) is 0 Å². The number of hydrogen-bond acceptors (Lipinski definition) is 3. The van der Waals surface area contributed by atoms with Crippen molar-refractivity contribution < 1.29 is 9.53 Å². The fraction of sp³-hybridized carbons (Fsp3) is 0.0667. The highest BCUT2D eigenvalue weighted by molar-refractivity contribution is 14.1. The zero-order valence-electron chi connectivity index (χ0n) is 11.0. The Kier molecular flexibility index (Phi) is 5.94. The van der Waals surface area contributed by atoms with E-state index < -0.39 is 0 Å². The lowest BCUT2D eigenvalue weighted by Crippen LogP contribution is -2.37. The lowest BCUT2D eigenvalue weighted by Gasteiger charge is -2.10. The molecule has 0 unspecified atom stereocenters. The van der Waals surface area contributed by atoms with Gasteiger partial charge < -0.3 is 10.1 Å². The Morgan fingerprint density at radius 1 is 1.10 bits per heavy atom. The first-order valence-corrected chi connectivity index (χ1v) is 7.66. The number of carbonyl (C=O) groups excluding carboxylic acids is 1. The highest BCUT2D eigenvalue weighted by Crippen LogP contribution is 2.11. The largest absolute Gasteiger partial charge is 0.484 e. The topological polar surface area (TPSA) is 50.4 Å². The maximum atomic E-state index is 11.7. The van der Waals surface area contributed by atoms with Crippen LogP contribution in [0.15, 0.2) is 54.6 Å². The highest BCUT2D eigenvalue weighted by Gasteiger charge is 2.05. The van der Waals surface area contributed by atoms with Gasteiger partial charge in [0.2, 0.25) is 0 Å². The monoisotopic (exact) mass is 412 g/mol. The first-order valence-electron chi connectivity index (χ1n) is 6.18. The van der Waals surface area contributed by atoms with E-state index in [9.17, 15) is 4.79 Å². The average Bonchev–Trinajstić information content (AvgIpc) is 2.48. The molecule has 0 bridgehead atoms. The summed E-state index contributed by atoms with van der Waals surface area (Å²) >= 11 is 7.30. The first kappa shape index (κ1) is 15.7. The minimum atomic E-state index is -0.304. The SMILES string of the molecule is O=C(COc1ccccc1)NC(=S)Nc1ccc(I)cc1. The van der Waals surface area contributed by atoms with Gasteiger partial charge in [0.15, 0.2) is 11.7 Å². The van der Waals surface area contributed by atoms with Crippen molar-refractivity contribution in [2.24, 2.45) is 0 Å². The zero-order chi connectivity index (χ0) is 15.1. The van der Waals surface area contributed by atoms with Crippen molar-refractivity contribution in [3.8, 4) is 5.75 Å². The van der Waals surface area contributed by atoms with Crippen LogP contribution in [0.5, 0.6) is 5.75 Å². The van der Waals surface area contributed by atoms with E-state index in [-0.39, 0.29) is 17.6 Å². The van der Waals surface area contributed by atoms with Crippen LogP contribution in [0.2, 0.25) is 0 Å². The molecule has 0 saturated heterocycles. The maximum absolute atomic E-state index is 11.7. The van der Waals surface area contributed by atoms with Gasteiger partial charge in [-0.3, -0.25) is 10.1 Å². The van der Waals surface area contributed by atoms with Crippen LogP contribution in [0, 0.1) is 3.57 Å². The smallest absolute Gasteiger partial charge is 0.264 e. The molecule has 21 heavy (non-hydrogen) atoms. The summed E-state index contributed by atoms with van der Waals surface area (Å²) in [6.07, 6.45) is 0. The second-order valence-corrected chi connectivity index (χ2v) is 5.76. The Hall–Kier alpha value is -1.67. The first-order chi connectivity index (χ1) is 10.1. The van der Waals surface area contributed by atoms with E-state index in [4.69, 9.17) is 17.0 Å². The van der Waals surface area contributed by atoms with Crippen LogP contribution in [0.3, 0.4) is 0 Å². The molecule has 0 aliphatic rings. The number of ether oxygens (including phenoxy) is 1. The number of nitrogens with one attached hydrogen (secondary N) is 2. The third kappa shape index (κ3) is 5.68. The van der Waals surface area contributed by atoms with Crippen LogP contribution < -0.4 is 15.4 Å². The van der Waals surface area contributed by atoms with Crippen LogP contribution in [0.1, 0.15) is 0 Å². The van der Waals surface area contributed by atoms with E-state index in [2.05, 4.69) is 33.2 Å². The molecular weight excluding hydrogens is 399 g/mol. The van der Waals surface area contributed by atoms with E-state index in [0.29, 0.717) is 5.75 Å². The summed E-state index contributed by atoms with van der Waals surface area (Å²) in [5.41, 5.74) is 0.824. The summed E-state index contributed by atoms with van der Waals surface area (Å²) in [5, 5.41) is 5.75. The number of thiocarbonyl (C=S) groups is 1. The summed E-state index contributed by atoms with van der Waals surface area (Å²) in [5.74, 6) is 0.339. The molecule has 2 aromatic rings. The van der Waals surface area contributed by atoms with E-state index >= 15 is 0 Å². The molecule has 1 amide bonds. The Balaban J connectivity index is 1.77. The molecule has 0 saturated carbocycles. The Morgan fingerprint density at radius 2 is 1.76 bits per heavy atom. The predicted octanol–water partition coefficient (Wildman–Crippen LogP) is 3.18. The summed E-state index contributed by atoms with van der Waals surface area (Å²) in [6.45, 7) is -0.0848. The van der Waals surface area contributed by atoms with Gasteiger partial charge in [0.1, 0.15) is 5.75 Å². The Morgan fingerprint density at radius 3 is 2.43 bits per heavy atom. The van der Waals surface area contributed by atoms with Gasteiger partial charge in [-0.15, -0.1) is 0 Å². The van der Waals surface area contributed by atoms with Gasteiger partial charge in [0.25, 0.3) is 5.91 Å². The number of halogens is 1. The van der Waals surface area contributed by atoms with Crippen molar-refractivity contribution in [1.29, 1.82) is 0 Å². The number of anilines is 1. The molecule has 0 aliphatic carbocycles. The van der Waals surface area contributed by atoms with E-state index in [0.717, 1.165) is 9.26 Å². The van der Waals surface area contributed by atoms with Gasteiger partial charge in [0, 0.05) is 9.26 Å². The van der Waals surface area contributed by atoms with Crippen LogP contribution in [-0.2, 0) is 4.79 Å². The third-order valence-corrected chi connectivity index (χ3v) is 3.39. The summed E-state index contributed by atoms with van der Waals surface area (Å²) in [6, 6.07) is 16.8. The Bertz CT molecular complexity index is 617.